The number of hydrogen-bond acceptors (Lipinski definition) is 2. The van der Waals surface area contributed by atoms with E-state index in [4.69, 9.17) is 27.9 Å². The molecule has 0 heterocycles. The van der Waals surface area contributed by atoms with E-state index in [1.54, 1.807) is 18.2 Å². The van der Waals surface area contributed by atoms with Gasteiger partial charge in [0.05, 0.1) is 13.2 Å². The Labute approximate surface area is 111 Å². The van der Waals surface area contributed by atoms with Gasteiger partial charge in [-0.2, -0.15) is 0 Å². The number of amides is 1. The minimum atomic E-state index is -0.126. The molecule has 0 spiro atoms. The van der Waals surface area contributed by atoms with Crippen molar-refractivity contribution in [2.24, 2.45) is 0 Å². The zero-order valence-electron chi connectivity index (χ0n) is 9.63. The van der Waals surface area contributed by atoms with Gasteiger partial charge in [0.1, 0.15) is 0 Å². The van der Waals surface area contributed by atoms with Gasteiger partial charge in [0.15, 0.2) is 0 Å². The summed E-state index contributed by atoms with van der Waals surface area (Å²) >= 11 is 11.3. The van der Waals surface area contributed by atoms with Crippen molar-refractivity contribution in [3.8, 4) is 0 Å². The van der Waals surface area contributed by atoms with Crippen molar-refractivity contribution in [2.45, 2.75) is 6.92 Å². The van der Waals surface area contributed by atoms with Crippen molar-refractivity contribution in [3.05, 3.63) is 34.3 Å². The number of benzene rings is 1. The smallest absolute Gasteiger partial charge is 0.251 e. The Morgan fingerprint density at radius 3 is 2.82 bits per heavy atom. The van der Waals surface area contributed by atoms with Gasteiger partial charge < -0.3 is 10.1 Å². The van der Waals surface area contributed by atoms with E-state index in [9.17, 15) is 4.79 Å². The van der Waals surface area contributed by atoms with Crippen molar-refractivity contribution in [1.82, 2.24) is 5.32 Å². The zero-order valence-corrected chi connectivity index (χ0v) is 11.1. The van der Waals surface area contributed by atoms with Crippen LogP contribution in [0.2, 0.25) is 5.02 Å². The van der Waals surface area contributed by atoms with Gasteiger partial charge in [-0.15, -0.1) is 11.6 Å². The van der Waals surface area contributed by atoms with E-state index in [1.165, 1.54) is 0 Å². The summed E-state index contributed by atoms with van der Waals surface area (Å²) in [5.74, 6) is 0.337. The highest BCUT2D eigenvalue weighted by Crippen LogP contribution is 2.15. The molecule has 0 aliphatic rings. The third kappa shape index (κ3) is 4.94. The molecular weight excluding hydrogens is 261 g/mol. The second kappa shape index (κ2) is 7.54. The molecule has 17 heavy (non-hydrogen) atoms. The van der Waals surface area contributed by atoms with Crippen LogP contribution < -0.4 is 5.32 Å². The lowest BCUT2D eigenvalue weighted by atomic mass is 10.1. The Morgan fingerprint density at radius 1 is 1.41 bits per heavy atom. The molecule has 0 aliphatic carbocycles. The molecular formula is C12H15Cl2NO2. The highest BCUT2D eigenvalue weighted by atomic mass is 35.5. The molecule has 0 unspecified atom stereocenters. The number of rotatable bonds is 6. The standard InChI is InChI=1S/C12H15Cl2NO2/c1-9-8-10(2-3-11(9)14)12(16)15-5-7-17-6-4-13/h2-3,8H,4-7H2,1H3,(H,15,16). The minimum Gasteiger partial charge on any atom is -0.378 e. The van der Waals surface area contributed by atoms with Gasteiger partial charge >= 0.3 is 0 Å². The third-order valence-electron chi connectivity index (χ3n) is 2.17. The molecule has 0 aromatic heterocycles. The van der Waals surface area contributed by atoms with Gasteiger partial charge in [0.2, 0.25) is 0 Å². The van der Waals surface area contributed by atoms with E-state index in [2.05, 4.69) is 5.32 Å². The Kier molecular flexibility index (Phi) is 6.34. The second-order valence-electron chi connectivity index (χ2n) is 3.52. The molecule has 1 amide bonds. The summed E-state index contributed by atoms with van der Waals surface area (Å²) in [5, 5.41) is 3.41. The Morgan fingerprint density at radius 2 is 2.18 bits per heavy atom. The summed E-state index contributed by atoms with van der Waals surface area (Å²) in [6.45, 7) is 3.29. The summed E-state index contributed by atoms with van der Waals surface area (Å²) in [6, 6.07) is 5.18. The van der Waals surface area contributed by atoms with E-state index < -0.39 is 0 Å². The van der Waals surface area contributed by atoms with Crippen LogP contribution >= 0.6 is 23.2 Å². The molecule has 94 valence electrons. The first-order chi connectivity index (χ1) is 8.15. The Bertz CT molecular complexity index is 383. The largest absolute Gasteiger partial charge is 0.378 e. The molecule has 0 aliphatic heterocycles. The first-order valence-corrected chi connectivity index (χ1v) is 6.24. The molecule has 3 nitrogen and oxygen atoms in total. The number of nitrogens with one attached hydrogen (secondary N) is 1. The van der Waals surface area contributed by atoms with Crippen LogP contribution in [0, 0.1) is 6.92 Å². The van der Waals surface area contributed by atoms with Gasteiger partial charge in [-0.1, -0.05) is 11.6 Å². The second-order valence-corrected chi connectivity index (χ2v) is 4.31. The number of halogens is 2. The van der Waals surface area contributed by atoms with Crippen LogP contribution in [0.4, 0.5) is 0 Å². The van der Waals surface area contributed by atoms with Crippen molar-refractivity contribution < 1.29 is 9.53 Å². The van der Waals surface area contributed by atoms with E-state index in [0.29, 0.717) is 36.2 Å². The van der Waals surface area contributed by atoms with Crippen LogP contribution in [0.25, 0.3) is 0 Å². The summed E-state index contributed by atoms with van der Waals surface area (Å²) in [7, 11) is 0. The molecule has 0 radical (unpaired) electrons. The number of ether oxygens (including phenoxy) is 1. The predicted molar refractivity (Wildman–Crippen MR) is 70.1 cm³/mol. The van der Waals surface area contributed by atoms with Gasteiger partial charge in [-0.3, -0.25) is 4.79 Å². The zero-order chi connectivity index (χ0) is 12.7. The first kappa shape index (κ1) is 14.3. The first-order valence-electron chi connectivity index (χ1n) is 5.33. The van der Waals surface area contributed by atoms with E-state index in [-0.39, 0.29) is 5.91 Å². The molecule has 5 heteroatoms. The van der Waals surface area contributed by atoms with Crippen LogP contribution in [0.15, 0.2) is 18.2 Å². The molecule has 1 rings (SSSR count). The summed E-state index contributed by atoms with van der Waals surface area (Å²) in [4.78, 5) is 11.7. The maximum absolute atomic E-state index is 11.7. The van der Waals surface area contributed by atoms with Crippen molar-refractivity contribution in [1.29, 1.82) is 0 Å². The van der Waals surface area contributed by atoms with Gasteiger partial charge in [-0.25, -0.2) is 0 Å². The van der Waals surface area contributed by atoms with Gasteiger partial charge in [0, 0.05) is 23.0 Å². The molecule has 0 saturated heterocycles. The molecule has 1 aromatic rings. The van der Waals surface area contributed by atoms with Crippen LogP contribution in [0.3, 0.4) is 0 Å². The molecule has 0 bridgehead atoms. The quantitative estimate of drug-likeness (QED) is 0.640. The molecule has 1 aromatic carbocycles. The number of carbonyl (C=O) groups excluding carboxylic acids is 1. The monoisotopic (exact) mass is 275 g/mol. The lowest BCUT2D eigenvalue weighted by molar-refractivity contribution is 0.0923. The topological polar surface area (TPSA) is 38.3 Å². The van der Waals surface area contributed by atoms with Crippen molar-refractivity contribution in [3.63, 3.8) is 0 Å². The fourth-order valence-electron chi connectivity index (χ4n) is 1.28. The number of hydrogen-bond donors (Lipinski definition) is 1. The maximum Gasteiger partial charge on any atom is 0.251 e. The number of aryl methyl sites for hydroxylation is 1. The number of alkyl halides is 1. The predicted octanol–water partition coefficient (Wildman–Crippen LogP) is 2.63. The highest BCUT2D eigenvalue weighted by molar-refractivity contribution is 6.31. The summed E-state index contributed by atoms with van der Waals surface area (Å²) in [5.41, 5.74) is 1.49. The fourth-order valence-corrected chi connectivity index (χ4v) is 1.51. The molecule has 0 saturated carbocycles. The lowest BCUT2D eigenvalue weighted by Gasteiger charge is -2.06. The highest BCUT2D eigenvalue weighted by Gasteiger charge is 2.06. The normalized spacial score (nSPS) is 10.3. The van der Waals surface area contributed by atoms with Gasteiger partial charge in [-0.05, 0) is 30.7 Å². The van der Waals surface area contributed by atoms with Crippen LogP contribution in [0.5, 0.6) is 0 Å². The van der Waals surface area contributed by atoms with E-state index in [0.717, 1.165) is 5.56 Å². The van der Waals surface area contributed by atoms with Crippen molar-refractivity contribution in [2.75, 3.05) is 25.6 Å². The van der Waals surface area contributed by atoms with E-state index >= 15 is 0 Å². The SMILES string of the molecule is Cc1cc(C(=O)NCCOCCCl)ccc1Cl. The fraction of sp³-hybridized carbons (Fsp3) is 0.417. The Balaban J connectivity index is 2.39. The maximum atomic E-state index is 11.7. The summed E-state index contributed by atoms with van der Waals surface area (Å²) in [6.07, 6.45) is 0. The average Bonchev–Trinajstić information content (AvgIpc) is 2.32. The van der Waals surface area contributed by atoms with Crippen molar-refractivity contribution >= 4 is 29.1 Å². The molecule has 1 N–H and O–H groups in total. The van der Waals surface area contributed by atoms with Gasteiger partial charge in [0.25, 0.3) is 5.91 Å². The molecule has 0 fully saturated rings. The minimum absolute atomic E-state index is 0.126. The summed E-state index contributed by atoms with van der Waals surface area (Å²) < 4.78 is 5.14. The number of carbonyl (C=O) groups is 1. The Hall–Kier alpha value is -0.770. The molecule has 0 atom stereocenters. The third-order valence-corrected chi connectivity index (χ3v) is 2.75. The lowest BCUT2D eigenvalue weighted by Crippen LogP contribution is -2.27. The van der Waals surface area contributed by atoms with Crippen LogP contribution in [0.1, 0.15) is 15.9 Å². The average molecular weight is 276 g/mol. The van der Waals surface area contributed by atoms with Crippen LogP contribution in [-0.2, 0) is 4.74 Å². The van der Waals surface area contributed by atoms with Crippen LogP contribution in [-0.4, -0.2) is 31.5 Å². The van der Waals surface area contributed by atoms with E-state index in [1.807, 2.05) is 6.92 Å².